The maximum atomic E-state index is 12.5. The molecule has 2 heterocycles. The maximum absolute atomic E-state index is 12.5. The predicted molar refractivity (Wildman–Crippen MR) is 64.7 cm³/mol. The molecule has 18 heavy (non-hydrogen) atoms. The largest absolute Gasteiger partial charge is 0.365 e. The van der Waals surface area contributed by atoms with Gasteiger partial charge in [0.05, 0.1) is 6.20 Å². The summed E-state index contributed by atoms with van der Waals surface area (Å²) in [4.78, 5) is 13.0. The fourth-order valence-electron chi connectivity index (χ4n) is 1.11. The molecule has 9 heteroatoms. The molecular formula is C9H8F3N3OS2. The van der Waals surface area contributed by atoms with Crippen molar-refractivity contribution in [1.82, 2.24) is 4.98 Å². The van der Waals surface area contributed by atoms with E-state index in [0.717, 1.165) is 5.00 Å². The Balaban J connectivity index is 1.82. The highest BCUT2D eigenvalue weighted by molar-refractivity contribution is 8.01. The molecule has 0 fully saturated rings. The van der Waals surface area contributed by atoms with Crippen LogP contribution in [0.3, 0.4) is 0 Å². The number of rotatable bonds is 5. The van der Waals surface area contributed by atoms with Gasteiger partial charge in [-0.1, -0.05) is 23.1 Å². The average molecular weight is 295 g/mol. The fourth-order valence-corrected chi connectivity index (χ4v) is 3.02. The second-order valence-electron chi connectivity index (χ2n) is 3.14. The number of thiazole rings is 1. The van der Waals surface area contributed by atoms with Crippen LogP contribution in [0.1, 0.15) is 6.42 Å². The molecular weight excluding hydrogens is 287 g/mol. The minimum atomic E-state index is -2.25. The molecule has 98 valence electrons. The Labute approximate surface area is 109 Å². The number of nitrogens with zero attached hydrogens (tertiary/aromatic N) is 3. The van der Waals surface area contributed by atoms with Gasteiger partial charge in [-0.15, -0.1) is 0 Å². The Morgan fingerprint density at radius 3 is 3.00 bits per heavy atom. The highest BCUT2D eigenvalue weighted by Crippen LogP contribution is 2.32. The van der Waals surface area contributed by atoms with Crippen molar-refractivity contribution in [3.05, 3.63) is 18.1 Å². The molecule has 0 N–H and O–H groups in total. The van der Waals surface area contributed by atoms with Crippen molar-refractivity contribution in [3.8, 4) is 0 Å². The van der Waals surface area contributed by atoms with Crippen molar-refractivity contribution in [2.75, 3.05) is 17.5 Å². The summed E-state index contributed by atoms with van der Waals surface area (Å²) in [5.74, 6) is -1.15. The Kier molecular flexibility index (Phi) is 4.48. The third kappa shape index (κ3) is 3.39. The topological polar surface area (TPSA) is 37.7 Å². The first-order valence-corrected chi connectivity index (χ1v) is 6.68. The number of aliphatic imine (C=N–C) groups is 1. The smallest absolute Gasteiger partial charge is 0.301 e. The Hall–Kier alpha value is -1.22. The van der Waals surface area contributed by atoms with Crippen LogP contribution < -0.4 is 5.06 Å². The van der Waals surface area contributed by atoms with E-state index in [2.05, 4.69) is 9.98 Å². The van der Waals surface area contributed by atoms with Gasteiger partial charge in [-0.25, -0.2) is 14.4 Å². The van der Waals surface area contributed by atoms with Crippen molar-refractivity contribution >= 4 is 34.5 Å². The van der Waals surface area contributed by atoms with Gasteiger partial charge in [-0.05, 0) is 0 Å². The van der Waals surface area contributed by atoms with Gasteiger partial charge in [-0.2, -0.15) is 13.8 Å². The van der Waals surface area contributed by atoms with Crippen molar-refractivity contribution in [2.24, 2.45) is 4.99 Å². The van der Waals surface area contributed by atoms with Crippen molar-refractivity contribution < 1.29 is 18.0 Å². The lowest BCUT2D eigenvalue weighted by molar-refractivity contribution is 0.314. The molecule has 0 aromatic carbocycles. The maximum Gasteiger partial charge on any atom is 0.301 e. The van der Waals surface area contributed by atoms with E-state index in [9.17, 15) is 13.2 Å². The molecule has 0 spiro atoms. The van der Waals surface area contributed by atoms with E-state index in [0.29, 0.717) is 11.0 Å². The van der Waals surface area contributed by atoms with Crippen LogP contribution >= 0.6 is 23.1 Å². The zero-order valence-corrected chi connectivity index (χ0v) is 10.6. The van der Waals surface area contributed by atoms with Crippen LogP contribution in [0.15, 0.2) is 27.4 Å². The lowest BCUT2D eigenvalue weighted by Crippen LogP contribution is -2.15. The highest BCUT2D eigenvalue weighted by Gasteiger charge is 2.14. The van der Waals surface area contributed by atoms with Gasteiger partial charge in [0, 0.05) is 12.2 Å². The number of hydrogen-bond acceptors (Lipinski definition) is 6. The number of halogens is 3. The molecule has 1 aromatic rings. The summed E-state index contributed by atoms with van der Waals surface area (Å²) >= 11 is 2.56. The summed E-state index contributed by atoms with van der Waals surface area (Å²) in [5.41, 5.74) is 0. The number of anilines is 1. The standard InChI is InChI=1S/C9H8F3N3OS2/c10-6(8(11)12)1-2-17-9-14-3-7(18-9)15-4-13-5-16-15/h3,5H,1-2,4H2. The van der Waals surface area contributed by atoms with E-state index in [1.807, 2.05) is 0 Å². The van der Waals surface area contributed by atoms with E-state index in [1.54, 1.807) is 11.3 Å². The van der Waals surface area contributed by atoms with E-state index in [4.69, 9.17) is 4.84 Å². The monoisotopic (exact) mass is 295 g/mol. The summed E-state index contributed by atoms with van der Waals surface area (Å²) in [6.07, 6.45) is 0.379. The van der Waals surface area contributed by atoms with E-state index in [1.165, 1.54) is 29.5 Å². The van der Waals surface area contributed by atoms with Crippen molar-refractivity contribution in [3.63, 3.8) is 0 Å². The Morgan fingerprint density at radius 2 is 2.33 bits per heavy atom. The summed E-state index contributed by atoms with van der Waals surface area (Å²) < 4.78 is 36.8. The SMILES string of the molecule is FC(F)=C(F)CCSc1ncc(N2CN=CO2)s1. The van der Waals surface area contributed by atoms with Crippen molar-refractivity contribution in [2.45, 2.75) is 10.8 Å². The number of thioether (sulfide) groups is 1. The molecule has 1 aliphatic rings. The van der Waals surface area contributed by atoms with Crippen LogP contribution in [-0.2, 0) is 4.84 Å². The summed E-state index contributed by atoms with van der Waals surface area (Å²) in [6, 6.07) is 0. The number of aromatic nitrogens is 1. The summed E-state index contributed by atoms with van der Waals surface area (Å²) in [7, 11) is 0. The quantitative estimate of drug-likeness (QED) is 0.780. The lowest BCUT2D eigenvalue weighted by atomic mass is 10.4. The van der Waals surface area contributed by atoms with Gasteiger partial charge in [0.15, 0.2) is 21.8 Å². The molecule has 0 bridgehead atoms. The van der Waals surface area contributed by atoms with Gasteiger partial charge in [0.25, 0.3) is 0 Å². The van der Waals surface area contributed by atoms with Crippen LogP contribution in [0.5, 0.6) is 0 Å². The normalized spacial score (nSPS) is 13.8. The Morgan fingerprint density at radius 1 is 1.50 bits per heavy atom. The van der Waals surface area contributed by atoms with Crippen molar-refractivity contribution in [1.29, 1.82) is 0 Å². The summed E-state index contributed by atoms with van der Waals surface area (Å²) in [6.45, 7) is 0.400. The van der Waals surface area contributed by atoms with Crippen LogP contribution in [0.4, 0.5) is 18.2 Å². The molecule has 0 aliphatic carbocycles. The number of allylic oxidation sites excluding steroid dienone is 1. The first-order chi connectivity index (χ1) is 8.66. The van der Waals surface area contributed by atoms with Gasteiger partial charge < -0.3 is 4.84 Å². The molecule has 2 rings (SSSR count). The average Bonchev–Trinajstić information content (AvgIpc) is 2.98. The zero-order valence-electron chi connectivity index (χ0n) is 8.98. The van der Waals surface area contributed by atoms with E-state index < -0.39 is 11.9 Å². The number of hydroxylamine groups is 1. The predicted octanol–water partition coefficient (Wildman–Crippen LogP) is 3.44. The molecule has 1 aromatic heterocycles. The Bertz CT molecular complexity index is 465. The van der Waals surface area contributed by atoms with Crippen LogP contribution in [0.25, 0.3) is 0 Å². The lowest BCUT2D eigenvalue weighted by Gasteiger charge is -2.09. The molecule has 0 amide bonds. The third-order valence-corrected chi connectivity index (χ3v) is 4.09. The van der Waals surface area contributed by atoms with Crippen LogP contribution in [0.2, 0.25) is 0 Å². The minimum absolute atomic E-state index is 0.216. The molecule has 0 saturated carbocycles. The second-order valence-corrected chi connectivity index (χ2v) is 5.49. The zero-order chi connectivity index (χ0) is 13.0. The van der Waals surface area contributed by atoms with Gasteiger partial charge >= 0.3 is 6.08 Å². The molecule has 0 saturated heterocycles. The van der Waals surface area contributed by atoms with Gasteiger partial charge in [0.2, 0.25) is 6.40 Å². The van der Waals surface area contributed by atoms with Crippen LogP contribution in [0, 0.1) is 0 Å². The summed E-state index contributed by atoms with van der Waals surface area (Å²) in [5, 5.41) is 2.31. The first kappa shape index (κ1) is 13.2. The fraction of sp³-hybridized carbons (Fsp3) is 0.333. The molecule has 4 nitrogen and oxygen atoms in total. The van der Waals surface area contributed by atoms with Gasteiger partial charge in [-0.3, -0.25) is 0 Å². The van der Waals surface area contributed by atoms with E-state index >= 15 is 0 Å². The second kappa shape index (κ2) is 6.10. The van der Waals surface area contributed by atoms with Crippen LogP contribution in [-0.4, -0.2) is 23.8 Å². The third-order valence-electron chi connectivity index (χ3n) is 1.93. The molecule has 0 atom stereocenters. The van der Waals surface area contributed by atoms with Gasteiger partial charge in [0.1, 0.15) is 0 Å². The molecule has 0 unspecified atom stereocenters. The minimum Gasteiger partial charge on any atom is -0.365 e. The number of hydrogen-bond donors (Lipinski definition) is 0. The molecule has 1 aliphatic heterocycles. The molecule has 0 radical (unpaired) electrons. The first-order valence-electron chi connectivity index (χ1n) is 4.87. The van der Waals surface area contributed by atoms with E-state index in [-0.39, 0.29) is 12.2 Å². The highest BCUT2D eigenvalue weighted by atomic mass is 32.2.